The molecule has 1 fully saturated rings. The molecule has 21 heavy (non-hydrogen) atoms. The Morgan fingerprint density at radius 1 is 1.48 bits per heavy atom. The fourth-order valence-electron chi connectivity index (χ4n) is 2.11. The van der Waals surface area contributed by atoms with Crippen molar-refractivity contribution in [2.45, 2.75) is 11.3 Å². The number of nitrogen functional groups attached to an aromatic ring is 1. The van der Waals surface area contributed by atoms with Gasteiger partial charge in [0.05, 0.1) is 30.5 Å². The summed E-state index contributed by atoms with van der Waals surface area (Å²) in [5.41, 5.74) is 5.77. The molecule has 1 aromatic carbocycles. The summed E-state index contributed by atoms with van der Waals surface area (Å²) in [7, 11) is -3.42. The lowest BCUT2D eigenvalue weighted by molar-refractivity contribution is 0.0997. The average molecular weight is 312 g/mol. The summed E-state index contributed by atoms with van der Waals surface area (Å²) in [6.45, 7) is 2.13. The zero-order valence-corrected chi connectivity index (χ0v) is 12.6. The lowest BCUT2D eigenvalue weighted by atomic mass is 10.1. The van der Waals surface area contributed by atoms with Gasteiger partial charge in [-0.3, -0.25) is 5.41 Å². The molecule has 0 saturated carbocycles. The number of hydrogen-bond acceptors (Lipinski definition) is 5. The first-order chi connectivity index (χ1) is 9.99. The van der Waals surface area contributed by atoms with Crippen molar-refractivity contribution in [3.63, 3.8) is 0 Å². The Bertz CT molecular complexity index is 595. The number of rotatable bonds is 7. The van der Waals surface area contributed by atoms with Gasteiger partial charge in [-0.25, -0.2) is 8.42 Å². The highest BCUT2D eigenvalue weighted by Gasteiger charge is 2.18. The summed E-state index contributed by atoms with van der Waals surface area (Å²) >= 11 is 0. The predicted octanol–water partition coefficient (Wildman–Crippen LogP) is 0.797. The van der Waals surface area contributed by atoms with Crippen LogP contribution in [0, 0.1) is 11.3 Å². The zero-order chi connectivity index (χ0) is 15.3. The molecule has 0 amide bonds. The molecule has 0 aromatic heterocycles. The molecule has 1 saturated heterocycles. The third-order valence-electron chi connectivity index (χ3n) is 3.38. The molecule has 0 radical (unpaired) electrons. The van der Waals surface area contributed by atoms with Crippen molar-refractivity contribution in [2.24, 2.45) is 11.7 Å². The first-order valence-corrected chi connectivity index (χ1v) is 8.47. The number of benzene rings is 1. The molecule has 1 aliphatic rings. The van der Waals surface area contributed by atoms with Gasteiger partial charge < -0.3 is 15.2 Å². The average Bonchev–Trinajstić information content (AvgIpc) is 2.97. The topological polar surface area (TPSA) is 102 Å². The third-order valence-corrected chi connectivity index (χ3v) is 5.05. The molecule has 3 N–H and O–H groups in total. The maximum Gasteiger partial charge on any atom is 0.180 e. The molecular weight excluding hydrogens is 292 g/mol. The second kappa shape index (κ2) is 7.02. The highest BCUT2D eigenvalue weighted by molar-refractivity contribution is 7.91. The molecule has 1 aromatic rings. The van der Waals surface area contributed by atoms with Gasteiger partial charge in [0.25, 0.3) is 0 Å². The Balaban J connectivity index is 1.88. The number of hydrogen-bond donors (Lipinski definition) is 2. The van der Waals surface area contributed by atoms with Crippen LogP contribution in [0.4, 0.5) is 0 Å². The van der Waals surface area contributed by atoms with Crippen molar-refractivity contribution in [2.75, 3.05) is 32.2 Å². The van der Waals surface area contributed by atoms with E-state index in [9.17, 15) is 8.42 Å². The lowest BCUT2D eigenvalue weighted by Gasteiger charge is -2.09. The SMILES string of the molecule is N=C(N)c1cccc(S(=O)(=O)CCOCC2CCOC2)c1. The van der Waals surface area contributed by atoms with E-state index in [1.165, 1.54) is 12.1 Å². The van der Waals surface area contributed by atoms with Crippen molar-refractivity contribution < 1.29 is 17.9 Å². The molecule has 1 unspecified atom stereocenters. The van der Waals surface area contributed by atoms with E-state index in [2.05, 4.69) is 0 Å². The molecule has 6 nitrogen and oxygen atoms in total. The van der Waals surface area contributed by atoms with E-state index in [1.54, 1.807) is 12.1 Å². The first-order valence-electron chi connectivity index (χ1n) is 6.82. The van der Waals surface area contributed by atoms with Crippen LogP contribution in [0.15, 0.2) is 29.2 Å². The molecule has 1 aliphatic heterocycles. The van der Waals surface area contributed by atoms with Gasteiger partial charge in [-0.05, 0) is 18.6 Å². The van der Waals surface area contributed by atoms with E-state index < -0.39 is 9.84 Å². The predicted molar refractivity (Wildman–Crippen MR) is 79.3 cm³/mol. The van der Waals surface area contributed by atoms with E-state index in [1.807, 2.05) is 0 Å². The van der Waals surface area contributed by atoms with Gasteiger partial charge in [-0.15, -0.1) is 0 Å². The van der Waals surface area contributed by atoms with Gasteiger partial charge >= 0.3 is 0 Å². The van der Waals surface area contributed by atoms with Gasteiger partial charge in [-0.1, -0.05) is 12.1 Å². The highest BCUT2D eigenvalue weighted by atomic mass is 32.2. The number of sulfone groups is 1. The minimum Gasteiger partial charge on any atom is -0.384 e. The van der Waals surface area contributed by atoms with E-state index in [0.717, 1.165) is 13.0 Å². The monoisotopic (exact) mass is 312 g/mol. The fourth-order valence-corrected chi connectivity index (χ4v) is 3.27. The molecule has 2 rings (SSSR count). The highest BCUT2D eigenvalue weighted by Crippen LogP contribution is 2.15. The third kappa shape index (κ3) is 4.52. The minimum absolute atomic E-state index is 0.0814. The normalized spacial score (nSPS) is 18.8. The molecular formula is C14H20N2O4S. The standard InChI is InChI=1S/C14H20N2O4S/c15-14(16)12-2-1-3-13(8-12)21(17,18)7-6-20-10-11-4-5-19-9-11/h1-3,8,11H,4-7,9-10H2,(H3,15,16). The fraction of sp³-hybridized carbons (Fsp3) is 0.500. The van der Waals surface area contributed by atoms with Gasteiger partial charge in [-0.2, -0.15) is 0 Å². The van der Waals surface area contributed by atoms with Gasteiger partial charge in [0.15, 0.2) is 9.84 Å². The number of nitrogens with two attached hydrogens (primary N) is 1. The first kappa shape index (κ1) is 15.9. The summed E-state index contributed by atoms with van der Waals surface area (Å²) in [5, 5.41) is 7.35. The van der Waals surface area contributed by atoms with E-state index in [0.29, 0.717) is 24.7 Å². The Hall–Kier alpha value is -1.44. The van der Waals surface area contributed by atoms with Crippen LogP contribution in [-0.2, 0) is 19.3 Å². The van der Waals surface area contributed by atoms with Gasteiger partial charge in [0.1, 0.15) is 5.84 Å². The van der Waals surface area contributed by atoms with Crippen molar-refractivity contribution in [1.29, 1.82) is 5.41 Å². The van der Waals surface area contributed by atoms with Crippen LogP contribution in [0.3, 0.4) is 0 Å². The van der Waals surface area contributed by atoms with Crippen molar-refractivity contribution in [1.82, 2.24) is 0 Å². The Morgan fingerprint density at radius 2 is 2.29 bits per heavy atom. The summed E-state index contributed by atoms with van der Waals surface area (Å²) in [4.78, 5) is 0.169. The quantitative estimate of drug-likeness (QED) is 0.440. The molecule has 0 aliphatic carbocycles. The maximum absolute atomic E-state index is 12.2. The molecule has 1 heterocycles. The maximum atomic E-state index is 12.2. The van der Waals surface area contributed by atoms with Crippen molar-refractivity contribution in [3.8, 4) is 0 Å². The van der Waals surface area contributed by atoms with Crippen LogP contribution in [-0.4, -0.2) is 46.4 Å². The number of nitrogens with one attached hydrogen (secondary N) is 1. The largest absolute Gasteiger partial charge is 0.384 e. The Kier molecular flexibility index (Phi) is 5.33. The Labute approximate surface area is 124 Å². The summed E-state index contributed by atoms with van der Waals surface area (Å²) < 4.78 is 35.0. The van der Waals surface area contributed by atoms with Gasteiger partial charge in [0, 0.05) is 18.1 Å². The molecule has 0 spiro atoms. The van der Waals surface area contributed by atoms with E-state index in [4.69, 9.17) is 20.6 Å². The van der Waals surface area contributed by atoms with Gasteiger partial charge in [0.2, 0.25) is 0 Å². The lowest BCUT2D eigenvalue weighted by Crippen LogP contribution is -2.17. The van der Waals surface area contributed by atoms with E-state index in [-0.39, 0.29) is 23.1 Å². The molecule has 116 valence electrons. The second-order valence-corrected chi connectivity index (χ2v) is 7.17. The zero-order valence-electron chi connectivity index (χ0n) is 11.7. The molecule has 0 bridgehead atoms. The Morgan fingerprint density at radius 3 is 2.95 bits per heavy atom. The van der Waals surface area contributed by atoms with Crippen LogP contribution < -0.4 is 5.73 Å². The van der Waals surface area contributed by atoms with E-state index >= 15 is 0 Å². The number of amidine groups is 1. The van der Waals surface area contributed by atoms with Crippen LogP contribution in [0.25, 0.3) is 0 Å². The van der Waals surface area contributed by atoms with Crippen LogP contribution in [0.1, 0.15) is 12.0 Å². The molecule has 7 heteroatoms. The summed E-state index contributed by atoms with van der Waals surface area (Å²) in [5.74, 6) is 0.139. The van der Waals surface area contributed by atoms with Crippen molar-refractivity contribution in [3.05, 3.63) is 29.8 Å². The summed E-state index contributed by atoms with van der Waals surface area (Å²) in [6.07, 6.45) is 0.966. The van der Waals surface area contributed by atoms with Crippen LogP contribution in [0.2, 0.25) is 0 Å². The van der Waals surface area contributed by atoms with Crippen LogP contribution in [0.5, 0.6) is 0 Å². The second-order valence-electron chi connectivity index (χ2n) is 5.06. The van der Waals surface area contributed by atoms with Crippen LogP contribution >= 0.6 is 0 Å². The summed E-state index contributed by atoms with van der Waals surface area (Å²) in [6, 6.07) is 6.12. The van der Waals surface area contributed by atoms with Crippen molar-refractivity contribution >= 4 is 15.7 Å². The smallest absolute Gasteiger partial charge is 0.180 e. The molecule has 1 atom stereocenters. The minimum atomic E-state index is -3.42. The number of ether oxygens (including phenoxy) is 2.